The molecule has 0 saturated carbocycles. The third-order valence-corrected chi connectivity index (χ3v) is 5.30. The highest BCUT2D eigenvalue weighted by Gasteiger charge is 2.19. The van der Waals surface area contributed by atoms with Gasteiger partial charge in [0.05, 0.1) is 27.2 Å². The lowest BCUT2D eigenvalue weighted by molar-refractivity contribution is 0.0753. The lowest BCUT2D eigenvalue weighted by Gasteiger charge is -2.19. The Bertz CT molecular complexity index is 1060. The number of thiophene rings is 1. The minimum absolute atomic E-state index is 0.0745. The molecule has 2 aromatic heterocycles. The lowest BCUT2D eigenvalue weighted by atomic mass is 10.2. The fourth-order valence-corrected chi connectivity index (χ4v) is 3.58. The first-order valence-electron chi connectivity index (χ1n) is 7.97. The second-order valence-electron chi connectivity index (χ2n) is 5.71. The Kier molecular flexibility index (Phi) is 5.20. The summed E-state index contributed by atoms with van der Waals surface area (Å²) in [4.78, 5) is 46.0. The number of hydrogen-bond acceptors (Lipinski definition) is 5. The molecule has 0 radical (unpaired) electrons. The molecular weight excluding hydrogens is 374 g/mol. The van der Waals surface area contributed by atoms with Crippen LogP contribution in [0.15, 0.2) is 35.1 Å². The monoisotopic (exact) mass is 389 g/mol. The van der Waals surface area contributed by atoms with Gasteiger partial charge in [0.1, 0.15) is 5.82 Å². The van der Waals surface area contributed by atoms with E-state index in [9.17, 15) is 14.4 Å². The first kappa shape index (κ1) is 18.3. The SMILES string of the molecule is CCN(Cc1nc2cc(Cl)ccc2c(=O)[nH]1)C(=O)c1ccc(C(C)=O)s1. The van der Waals surface area contributed by atoms with Crippen LogP contribution in [-0.2, 0) is 6.54 Å². The first-order valence-corrected chi connectivity index (χ1v) is 9.17. The van der Waals surface area contributed by atoms with Crippen LogP contribution in [0.3, 0.4) is 0 Å². The minimum atomic E-state index is -0.278. The number of H-pyrrole nitrogens is 1. The molecule has 2 heterocycles. The number of benzene rings is 1. The van der Waals surface area contributed by atoms with E-state index in [2.05, 4.69) is 9.97 Å². The molecule has 0 unspecified atom stereocenters. The van der Waals surface area contributed by atoms with Crippen molar-refractivity contribution in [3.63, 3.8) is 0 Å². The maximum absolute atomic E-state index is 12.7. The minimum Gasteiger partial charge on any atom is -0.331 e. The lowest BCUT2D eigenvalue weighted by Crippen LogP contribution is -2.31. The molecule has 0 spiro atoms. The van der Waals surface area contributed by atoms with Crippen LogP contribution in [0.2, 0.25) is 5.02 Å². The summed E-state index contributed by atoms with van der Waals surface area (Å²) in [6.45, 7) is 3.89. The number of carbonyl (C=O) groups excluding carboxylic acids is 2. The number of nitrogens with zero attached hydrogens (tertiary/aromatic N) is 2. The van der Waals surface area contributed by atoms with E-state index in [1.807, 2.05) is 6.92 Å². The maximum Gasteiger partial charge on any atom is 0.264 e. The number of Topliss-reactive ketones (excluding diaryl/α,β-unsaturated/α-hetero) is 1. The number of rotatable bonds is 5. The van der Waals surface area contributed by atoms with E-state index < -0.39 is 0 Å². The highest BCUT2D eigenvalue weighted by atomic mass is 35.5. The molecule has 0 aliphatic heterocycles. The number of hydrogen-bond donors (Lipinski definition) is 1. The zero-order chi connectivity index (χ0) is 18.8. The summed E-state index contributed by atoms with van der Waals surface area (Å²) in [6.07, 6.45) is 0. The number of aromatic amines is 1. The van der Waals surface area contributed by atoms with Crippen LogP contribution in [0.1, 0.15) is 39.0 Å². The maximum atomic E-state index is 12.7. The van der Waals surface area contributed by atoms with Gasteiger partial charge in [-0.25, -0.2) is 4.98 Å². The van der Waals surface area contributed by atoms with Gasteiger partial charge in [-0.15, -0.1) is 11.3 Å². The van der Waals surface area contributed by atoms with Crippen molar-refractivity contribution in [1.29, 1.82) is 0 Å². The summed E-state index contributed by atoms with van der Waals surface area (Å²) in [7, 11) is 0. The molecule has 3 rings (SSSR count). The number of amides is 1. The van der Waals surface area contributed by atoms with Crippen LogP contribution in [0.25, 0.3) is 10.9 Å². The van der Waals surface area contributed by atoms with Gasteiger partial charge in [0.25, 0.3) is 11.5 Å². The summed E-state index contributed by atoms with van der Waals surface area (Å²) in [6, 6.07) is 8.15. The standard InChI is InChI=1S/C18H16ClN3O3S/c1-3-22(18(25)15-7-6-14(26-15)10(2)23)9-16-20-13-8-11(19)4-5-12(13)17(24)21-16/h4-8H,3,9H2,1-2H3,(H,20,21,24). The third kappa shape index (κ3) is 3.68. The number of halogens is 1. The Labute approximate surface area is 158 Å². The Morgan fingerprint density at radius 3 is 2.62 bits per heavy atom. The molecular formula is C18H16ClN3O3S. The summed E-state index contributed by atoms with van der Waals surface area (Å²) in [5, 5.41) is 0.928. The molecule has 8 heteroatoms. The van der Waals surface area contributed by atoms with Crippen LogP contribution in [-0.4, -0.2) is 33.1 Å². The molecule has 0 saturated heterocycles. The highest BCUT2D eigenvalue weighted by Crippen LogP contribution is 2.20. The number of carbonyl (C=O) groups is 2. The van der Waals surface area contributed by atoms with E-state index >= 15 is 0 Å². The summed E-state index contributed by atoms with van der Waals surface area (Å²) in [5.74, 6) is 0.0941. The van der Waals surface area contributed by atoms with Crippen molar-refractivity contribution >= 4 is 45.5 Å². The number of nitrogens with one attached hydrogen (secondary N) is 1. The zero-order valence-corrected chi connectivity index (χ0v) is 15.8. The van der Waals surface area contributed by atoms with Crippen LogP contribution >= 0.6 is 22.9 Å². The van der Waals surface area contributed by atoms with Gasteiger partial charge < -0.3 is 9.88 Å². The van der Waals surface area contributed by atoms with E-state index in [1.54, 1.807) is 35.2 Å². The van der Waals surface area contributed by atoms with Crippen LogP contribution < -0.4 is 5.56 Å². The second-order valence-corrected chi connectivity index (χ2v) is 7.23. The predicted molar refractivity (Wildman–Crippen MR) is 102 cm³/mol. The van der Waals surface area contributed by atoms with E-state index in [1.165, 1.54) is 6.92 Å². The summed E-state index contributed by atoms with van der Waals surface area (Å²) >= 11 is 7.13. The summed E-state index contributed by atoms with van der Waals surface area (Å²) < 4.78 is 0. The molecule has 26 heavy (non-hydrogen) atoms. The normalized spacial score (nSPS) is 10.9. The van der Waals surface area contributed by atoms with Crippen molar-refractivity contribution < 1.29 is 9.59 Å². The van der Waals surface area contributed by atoms with Crippen LogP contribution in [0, 0.1) is 0 Å². The fourth-order valence-electron chi connectivity index (χ4n) is 2.54. The first-order chi connectivity index (χ1) is 12.4. The van der Waals surface area contributed by atoms with E-state index in [0.717, 1.165) is 11.3 Å². The zero-order valence-electron chi connectivity index (χ0n) is 14.2. The van der Waals surface area contributed by atoms with Crippen molar-refractivity contribution in [2.45, 2.75) is 20.4 Å². The van der Waals surface area contributed by atoms with Crippen LogP contribution in [0.5, 0.6) is 0 Å². The van der Waals surface area contributed by atoms with Gasteiger partial charge in [-0.1, -0.05) is 11.6 Å². The van der Waals surface area contributed by atoms with E-state index in [4.69, 9.17) is 11.6 Å². The van der Waals surface area contributed by atoms with E-state index in [0.29, 0.717) is 38.0 Å². The average Bonchev–Trinajstić information content (AvgIpc) is 3.09. The van der Waals surface area contributed by atoms with Crippen molar-refractivity contribution in [3.05, 3.63) is 61.3 Å². The van der Waals surface area contributed by atoms with Gasteiger partial charge in [0.2, 0.25) is 0 Å². The van der Waals surface area contributed by atoms with Gasteiger partial charge in [0, 0.05) is 11.6 Å². The van der Waals surface area contributed by atoms with E-state index in [-0.39, 0.29) is 23.8 Å². The summed E-state index contributed by atoms with van der Waals surface area (Å²) in [5.41, 5.74) is 0.204. The molecule has 0 fully saturated rings. The molecule has 3 aromatic rings. The molecule has 0 aliphatic rings. The molecule has 1 N–H and O–H groups in total. The molecule has 6 nitrogen and oxygen atoms in total. The van der Waals surface area contributed by atoms with Crippen molar-refractivity contribution in [2.24, 2.45) is 0 Å². The number of fused-ring (bicyclic) bond motifs is 1. The second kappa shape index (κ2) is 7.39. The number of ketones is 1. The molecule has 1 aromatic carbocycles. The van der Waals surface area contributed by atoms with Crippen molar-refractivity contribution in [2.75, 3.05) is 6.54 Å². The predicted octanol–water partition coefficient (Wildman–Crippen LogP) is 3.50. The van der Waals surface area contributed by atoms with Gasteiger partial charge >= 0.3 is 0 Å². The van der Waals surface area contributed by atoms with Gasteiger partial charge in [0.15, 0.2) is 5.78 Å². The largest absolute Gasteiger partial charge is 0.331 e. The molecule has 0 aliphatic carbocycles. The van der Waals surface area contributed by atoms with Crippen LogP contribution in [0.4, 0.5) is 0 Å². The highest BCUT2D eigenvalue weighted by molar-refractivity contribution is 7.15. The molecule has 1 amide bonds. The Morgan fingerprint density at radius 2 is 1.96 bits per heavy atom. The molecule has 0 bridgehead atoms. The smallest absolute Gasteiger partial charge is 0.264 e. The molecule has 0 atom stereocenters. The quantitative estimate of drug-likeness (QED) is 0.677. The average molecular weight is 390 g/mol. The van der Waals surface area contributed by atoms with Gasteiger partial charge in [-0.2, -0.15) is 0 Å². The Hall–Kier alpha value is -2.51. The third-order valence-electron chi connectivity index (χ3n) is 3.89. The Morgan fingerprint density at radius 1 is 1.23 bits per heavy atom. The van der Waals surface area contributed by atoms with Crippen molar-refractivity contribution in [3.8, 4) is 0 Å². The Balaban J connectivity index is 1.89. The molecule has 134 valence electrons. The van der Waals surface area contributed by atoms with Gasteiger partial charge in [-0.3, -0.25) is 14.4 Å². The number of aromatic nitrogens is 2. The van der Waals surface area contributed by atoms with Crippen molar-refractivity contribution in [1.82, 2.24) is 14.9 Å². The topological polar surface area (TPSA) is 83.1 Å². The fraction of sp³-hybridized carbons (Fsp3) is 0.222. The van der Waals surface area contributed by atoms with Gasteiger partial charge in [-0.05, 0) is 44.2 Å².